The fourth-order valence-corrected chi connectivity index (χ4v) is 2.06. The van der Waals surface area contributed by atoms with Crippen molar-refractivity contribution in [3.05, 3.63) is 23.9 Å². The average Bonchev–Trinajstić information content (AvgIpc) is 2.75. The number of para-hydroxylation sites is 1. The normalized spacial score (nSPS) is 10.5. The molecule has 1 aromatic heterocycles. The van der Waals surface area contributed by atoms with E-state index in [0.29, 0.717) is 28.8 Å². The molecule has 6 nitrogen and oxygen atoms in total. The van der Waals surface area contributed by atoms with E-state index in [2.05, 4.69) is 12.0 Å². The number of nitrogens with zero attached hydrogens (tertiary/aromatic N) is 2. The van der Waals surface area contributed by atoms with Gasteiger partial charge in [-0.1, -0.05) is 13.0 Å². The minimum atomic E-state index is 0.492. The van der Waals surface area contributed by atoms with Crippen LogP contribution in [0.5, 0.6) is 23.1 Å². The zero-order valence-corrected chi connectivity index (χ0v) is 12.8. The summed E-state index contributed by atoms with van der Waals surface area (Å²) in [4.78, 5) is 0. The van der Waals surface area contributed by atoms with Crippen molar-refractivity contribution < 1.29 is 14.2 Å². The minimum Gasteiger partial charge on any atom is -0.493 e. The molecule has 114 valence electrons. The van der Waals surface area contributed by atoms with E-state index in [4.69, 9.17) is 19.9 Å². The molecule has 21 heavy (non-hydrogen) atoms. The van der Waals surface area contributed by atoms with Gasteiger partial charge in [-0.15, -0.1) is 0 Å². The van der Waals surface area contributed by atoms with Crippen LogP contribution in [-0.2, 0) is 6.54 Å². The first kappa shape index (κ1) is 15.0. The third-order valence-corrected chi connectivity index (χ3v) is 3.14. The van der Waals surface area contributed by atoms with Crippen LogP contribution in [0.4, 0.5) is 5.69 Å². The number of nitrogen functional groups attached to an aromatic ring is 1. The number of aromatic nitrogens is 2. The SMILES string of the molecule is CCCn1nc(C)c(N)c1Oc1c(OC)cccc1OC. The molecule has 0 spiro atoms. The average molecular weight is 291 g/mol. The van der Waals surface area contributed by atoms with Crippen LogP contribution in [0.3, 0.4) is 0 Å². The summed E-state index contributed by atoms with van der Waals surface area (Å²) in [6, 6.07) is 5.45. The summed E-state index contributed by atoms with van der Waals surface area (Å²) in [6.45, 7) is 4.65. The Morgan fingerprint density at radius 1 is 1.19 bits per heavy atom. The van der Waals surface area contributed by atoms with Crippen LogP contribution in [0.1, 0.15) is 19.0 Å². The number of benzene rings is 1. The first-order valence-electron chi connectivity index (χ1n) is 6.84. The number of anilines is 1. The van der Waals surface area contributed by atoms with Crippen LogP contribution in [0.15, 0.2) is 18.2 Å². The molecule has 0 atom stereocenters. The van der Waals surface area contributed by atoms with Gasteiger partial charge >= 0.3 is 0 Å². The molecule has 1 aromatic carbocycles. The molecule has 0 amide bonds. The number of methoxy groups -OCH3 is 2. The monoisotopic (exact) mass is 291 g/mol. The first-order valence-corrected chi connectivity index (χ1v) is 6.84. The molecule has 2 rings (SSSR count). The van der Waals surface area contributed by atoms with Crippen molar-refractivity contribution in [2.75, 3.05) is 20.0 Å². The molecule has 0 saturated carbocycles. The van der Waals surface area contributed by atoms with Gasteiger partial charge in [0.15, 0.2) is 11.5 Å². The van der Waals surface area contributed by atoms with Gasteiger partial charge in [-0.05, 0) is 25.5 Å². The lowest BCUT2D eigenvalue weighted by atomic mass is 10.3. The van der Waals surface area contributed by atoms with Gasteiger partial charge in [-0.25, -0.2) is 4.68 Å². The van der Waals surface area contributed by atoms with E-state index in [1.165, 1.54) is 0 Å². The summed E-state index contributed by atoms with van der Waals surface area (Å²) < 4.78 is 18.4. The summed E-state index contributed by atoms with van der Waals surface area (Å²) in [7, 11) is 3.17. The Morgan fingerprint density at radius 3 is 2.33 bits per heavy atom. The summed E-state index contributed by atoms with van der Waals surface area (Å²) in [5.74, 6) is 2.16. The predicted octanol–water partition coefficient (Wildman–Crippen LogP) is 2.99. The molecular weight excluding hydrogens is 270 g/mol. The van der Waals surface area contributed by atoms with Gasteiger partial charge in [0.1, 0.15) is 5.69 Å². The van der Waals surface area contributed by atoms with Gasteiger partial charge in [-0.3, -0.25) is 0 Å². The van der Waals surface area contributed by atoms with E-state index in [0.717, 1.165) is 18.7 Å². The summed E-state index contributed by atoms with van der Waals surface area (Å²) >= 11 is 0. The molecule has 0 aliphatic rings. The zero-order chi connectivity index (χ0) is 15.4. The smallest absolute Gasteiger partial charge is 0.241 e. The summed E-state index contributed by atoms with van der Waals surface area (Å²) in [5.41, 5.74) is 7.34. The van der Waals surface area contributed by atoms with Crippen molar-refractivity contribution in [2.45, 2.75) is 26.8 Å². The van der Waals surface area contributed by atoms with Crippen LogP contribution in [-0.4, -0.2) is 24.0 Å². The fraction of sp³-hybridized carbons (Fsp3) is 0.400. The number of hydrogen-bond acceptors (Lipinski definition) is 5. The molecule has 0 bridgehead atoms. The highest BCUT2D eigenvalue weighted by molar-refractivity contribution is 5.58. The van der Waals surface area contributed by atoms with E-state index < -0.39 is 0 Å². The van der Waals surface area contributed by atoms with Crippen LogP contribution in [0.25, 0.3) is 0 Å². The Bertz CT molecular complexity index is 601. The molecule has 0 fully saturated rings. The number of aryl methyl sites for hydroxylation is 2. The van der Waals surface area contributed by atoms with Crippen molar-refractivity contribution >= 4 is 5.69 Å². The molecule has 0 saturated heterocycles. The number of ether oxygens (including phenoxy) is 3. The van der Waals surface area contributed by atoms with Gasteiger partial charge in [0, 0.05) is 6.54 Å². The van der Waals surface area contributed by atoms with Crippen molar-refractivity contribution in [3.8, 4) is 23.1 Å². The van der Waals surface area contributed by atoms with E-state index in [-0.39, 0.29) is 0 Å². The van der Waals surface area contributed by atoms with Crippen molar-refractivity contribution in [2.24, 2.45) is 0 Å². The lowest BCUT2D eigenvalue weighted by Gasteiger charge is -2.15. The van der Waals surface area contributed by atoms with Gasteiger partial charge in [0.05, 0.1) is 19.9 Å². The van der Waals surface area contributed by atoms with Crippen LogP contribution < -0.4 is 19.9 Å². The molecule has 6 heteroatoms. The largest absolute Gasteiger partial charge is 0.493 e. The third kappa shape index (κ3) is 2.89. The molecule has 1 heterocycles. The van der Waals surface area contributed by atoms with Crippen molar-refractivity contribution in [1.82, 2.24) is 9.78 Å². The molecule has 0 aliphatic carbocycles. The summed E-state index contributed by atoms with van der Waals surface area (Å²) in [5, 5.41) is 4.39. The lowest BCUT2D eigenvalue weighted by molar-refractivity contribution is 0.331. The highest BCUT2D eigenvalue weighted by Gasteiger charge is 2.19. The van der Waals surface area contributed by atoms with Gasteiger partial charge in [0.2, 0.25) is 11.6 Å². The maximum Gasteiger partial charge on any atom is 0.241 e. The highest BCUT2D eigenvalue weighted by Crippen LogP contribution is 2.41. The number of rotatable bonds is 6. The molecule has 2 N–H and O–H groups in total. The third-order valence-electron chi connectivity index (χ3n) is 3.14. The Kier molecular flexibility index (Phi) is 4.57. The van der Waals surface area contributed by atoms with Crippen LogP contribution in [0, 0.1) is 6.92 Å². The Hall–Kier alpha value is -2.37. The van der Waals surface area contributed by atoms with Gasteiger partial charge < -0.3 is 19.9 Å². The van der Waals surface area contributed by atoms with E-state index in [1.807, 2.05) is 13.0 Å². The zero-order valence-electron chi connectivity index (χ0n) is 12.8. The summed E-state index contributed by atoms with van der Waals surface area (Å²) in [6.07, 6.45) is 0.931. The van der Waals surface area contributed by atoms with E-state index in [9.17, 15) is 0 Å². The van der Waals surface area contributed by atoms with Crippen molar-refractivity contribution in [3.63, 3.8) is 0 Å². The fourth-order valence-electron chi connectivity index (χ4n) is 2.06. The Balaban J connectivity index is 2.47. The van der Waals surface area contributed by atoms with Gasteiger partial charge in [-0.2, -0.15) is 5.10 Å². The standard InChI is InChI=1S/C15H21N3O3/c1-5-9-18-15(13(16)10(2)17-18)21-14-11(19-3)7-6-8-12(14)20-4/h6-8H,5,9,16H2,1-4H3. The molecule has 0 radical (unpaired) electrons. The highest BCUT2D eigenvalue weighted by atomic mass is 16.5. The van der Waals surface area contributed by atoms with Crippen LogP contribution >= 0.6 is 0 Å². The molecule has 2 aromatic rings. The van der Waals surface area contributed by atoms with Crippen molar-refractivity contribution in [1.29, 1.82) is 0 Å². The topological polar surface area (TPSA) is 71.5 Å². The molecule has 0 aliphatic heterocycles. The van der Waals surface area contributed by atoms with E-state index in [1.54, 1.807) is 31.0 Å². The number of hydrogen-bond donors (Lipinski definition) is 1. The minimum absolute atomic E-state index is 0.492. The molecular formula is C15H21N3O3. The Labute approximate surface area is 124 Å². The molecule has 0 unspecified atom stereocenters. The second-order valence-electron chi connectivity index (χ2n) is 4.62. The lowest BCUT2D eigenvalue weighted by Crippen LogP contribution is -2.04. The van der Waals surface area contributed by atoms with Crippen LogP contribution in [0.2, 0.25) is 0 Å². The second-order valence-corrected chi connectivity index (χ2v) is 4.62. The number of nitrogens with two attached hydrogens (primary N) is 1. The quantitative estimate of drug-likeness (QED) is 0.885. The van der Waals surface area contributed by atoms with Gasteiger partial charge in [0.25, 0.3) is 0 Å². The first-order chi connectivity index (χ1) is 10.1. The van der Waals surface area contributed by atoms with E-state index >= 15 is 0 Å². The second kappa shape index (κ2) is 6.39. The maximum absolute atomic E-state index is 6.07. The Morgan fingerprint density at radius 2 is 1.81 bits per heavy atom. The maximum atomic E-state index is 6.07. The predicted molar refractivity (Wildman–Crippen MR) is 81.3 cm³/mol.